The summed E-state index contributed by atoms with van der Waals surface area (Å²) in [5, 5.41) is 44.7. The number of benzene rings is 1. The molecule has 0 aromatic heterocycles. The zero-order valence-corrected chi connectivity index (χ0v) is 30.3. The van der Waals surface area contributed by atoms with Crippen LogP contribution in [0.15, 0.2) is 24.3 Å². The Kier molecular flexibility index (Phi) is 18.0. The number of unbranched alkanes of at least 4 members (excludes halogenated alkanes) is 1. The zero-order chi connectivity index (χ0) is 39.0. The Morgan fingerprint density at radius 3 is 1.92 bits per heavy atom. The maximum Gasteiger partial charge on any atom is 0.326 e. The monoisotopic (exact) mass is 733 g/mol. The number of nitrogens with one attached hydrogen (secondary N) is 6. The van der Waals surface area contributed by atoms with Gasteiger partial charge in [-0.25, -0.2) is 4.79 Å². The Hall–Kier alpha value is -4.77. The van der Waals surface area contributed by atoms with Gasteiger partial charge in [0.1, 0.15) is 36.0 Å². The van der Waals surface area contributed by atoms with Crippen LogP contribution in [0.5, 0.6) is 5.75 Å². The number of phenolic OH excluding ortho intramolecular Hbond substituents is 1. The predicted molar refractivity (Wildman–Crippen MR) is 190 cm³/mol. The Balaban J connectivity index is 2.28. The first-order valence-electron chi connectivity index (χ1n) is 17.7. The lowest BCUT2D eigenvalue weighted by molar-refractivity contribution is -0.142. The summed E-state index contributed by atoms with van der Waals surface area (Å²) in [6.45, 7) is 7.89. The number of amides is 5. The SMILES string of the molecule is CC(C)C[C@H](NC(=O)[C@@H]1CCCN1)C(=O)N[C@@H](CC(=O)O)C(=O)N[C@H](C(=O)N[C@@H](Cc1ccc(O)cc1)C(=O)N[C@@H](CCCCN)C(=O)O)C(C)C. The molecular formula is C35H55N7O10. The van der Waals surface area contributed by atoms with Gasteiger partial charge in [0.15, 0.2) is 0 Å². The molecule has 6 atom stereocenters. The van der Waals surface area contributed by atoms with E-state index in [1.807, 2.05) is 13.8 Å². The van der Waals surface area contributed by atoms with Crippen LogP contribution in [-0.4, -0.2) is 106 Å². The van der Waals surface area contributed by atoms with Gasteiger partial charge in [0.05, 0.1) is 12.5 Å². The van der Waals surface area contributed by atoms with Crippen molar-refractivity contribution in [3.63, 3.8) is 0 Å². The molecule has 290 valence electrons. The first kappa shape index (κ1) is 43.4. The van der Waals surface area contributed by atoms with Gasteiger partial charge in [0.2, 0.25) is 29.5 Å². The van der Waals surface area contributed by atoms with Crippen molar-refractivity contribution in [2.24, 2.45) is 17.6 Å². The summed E-state index contributed by atoms with van der Waals surface area (Å²) >= 11 is 0. The van der Waals surface area contributed by atoms with Crippen LogP contribution in [0.2, 0.25) is 0 Å². The third-order valence-corrected chi connectivity index (χ3v) is 8.55. The number of rotatable bonds is 22. The Bertz CT molecular complexity index is 1380. The third-order valence-electron chi connectivity index (χ3n) is 8.55. The molecule has 1 fully saturated rings. The minimum atomic E-state index is -1.63. The van der Waals surface area contributed by atoms with E-state index in [-0.39, 0.29) is 36.8 Å². The summed E-state index contributed by atoms with van der Waals surface area (Å²) in [7, 11) is 0. The van der Waals surface area contributed by atoms with Crippen molar-refractivity contribution >= 4 is 41.5 Å². The number of aromatic hydroxyl groups is 1. The molecule has 1 aromatic carbocycles. The lowest BCUT2D eigenvalue weighted by Crippen LogP contribution is -2.60. The molecule has 1 saturated heterocycles. The quantitative estimate of drug-likeness (QED) is 0.0676. The molecule has 0 bridgehead atoms. The Labute approximate surface area is 303 Å². The number of carboxylic acid groups (broad SMARTS) is 2. The van der Waals surface area contributed by atoms with E-state index in [0.717, 1.165) is 6.42 Å². The van der Waals surface area contributed by atoms with Gasteiger partial charge in [-0.3, -0.25) is 28.8 Å². The molecule has 11 N–H and O–H groups in total. The second-order valence-corrected chi connectivity index (χ2v) is 13.8. The van der Waals surface area contributed by atoms with Gasteiger partial charge in [-0.15, -0.1) is 0 Å². The van der Waals surface area contributed by atoms with Crippen LogP contribution in [0.1, 0.15) is 78.2 Å². The molecular weight excluding hydrogens is 678 g/mol. The molecule has 1 heterocycles. The first-order chi connectivity index (χ1) is 24.5. The van der Waals surface area contributed by atoms with Gasteiger partial charge >= 0.3 is 11.9 Å². The van der Waals surface area contributed by atoms with Crippen LogP contribution < -0.4 is 37.6 Å². The average molecular weight is 734 g/mol. The highest BCUT2D eigenvalue weighted by atomic mass is 16.4. The van der Waals surface area contributed by atoms with Crippen LogP contribution >= 0.6 is 0 Å². The summed E-state index contributed by atoms with van der Waals surface area (Å²) in [6.07, 6.45) is 1.73. The topological polar surface area (TPSA) is 278 Å². The van der Waals surface area contributed by atoms with Crippen molar-refractivity contribution in [1.29, 1.82) is 0 Å². The third kappa shape index (κ3) is 14.8. The van der Waals surface area contributed by atoms with Crippen molar-refractivity contribution in [3.05, 3.63) is 29.8 Å². The van der Waals surface area contributed by atoms with Gasteiger partial charge in [-0.1, -0.05) is 39.8 Å². The molecule has 1 aliphatic rings. The summed E-state index contributed by atoms with van der Waals surface area (Å²) in [5.74, 6) is -7.13. The number of hydrogen-bond donors (Lipinski definition) is 10. The summed E-state index contributed by atoms with van der Waals surface area (Å²) in [4.78, 5) is 90.6. The fraction of sp³-hybridized carbons (Fsp3) is 0.629. The van der Waals surface area contributed by atoms with Crippen molar-refractivity contribution in [2.75, 3.05) is 13.1 Å². The molecule has 0 unspecified atom stereocenters. The Morgan fingerprint density at radius 2 is 1.38 bits per heavy atom. The minimum Gasteiger partial charge on any atom is -0.508 e. The molecule has 17 heteroatoms. The van der Waals surface area contributed by atoms with Crippen molar-refractivity contribution in [3.8, 4) is 5.75 Å². The zero-order valence-electron chi connectivity index (χ0n) is 30.3. The first-order valence-corrected chi connectivity index (χ1v) is 17.7. The van der Waals surface area contributed by atoms with E-state index in [1.165, 1.54) is 24.3 Å². The molecule has 0 saturated carbocycles. The molecule has 0 spiro atoms. The molecule has 0 aliphatic carbocycles. The number of carbonyl (C=O) groups is 7. The van der Waals surface area contributed by atoms with E-state index >= 15 is 0 Å². The van der Waals surface area contributed by atoms with Crippen LogP contribution in [0.25, 0.3) is 0 Å². The number of carbonyl (C=O) groups excluding carboxylic acids is 5. The van der Waals surface area contributed by atoms with Crippen molar-refractivity contribution in [2.45, 2.75) is 115 Å². The predicted octanol–water partition coefficient (Wildman–Crippen LogP) is -0.499. The Morgan fingerprint density at radius 1 is 0.788 bits per heavy atom. The lowest BCUT2D eigenvalue weighted by Gasteiger charge is -2.28. The van der Waals surface area contributed by atoms with Gasteiger partial charge in [-0.05, 0) is 81.1 Å². The highest BCUT2D eigenvalue weighted by molar-refractivity contribution is 5.97. The fourth-order valence-corrected chi connectivity index (χ4v) is 5.69. The van der Waals surface area contributed by atoms with Gasteiger partial charge in [0, 0.05) is 6.42 Å². The second kappa shape index (κ2) is 21.6. The summed E-state index contributed by atoms with van der Waals surface area (Å²) < 4.78 is 0. The molecule has 2 rings (SSSR count). The molecule has 1 aromatic rings. The average Bonchev–Trinajstić information content (AvgIpc) is 3.61. The minimum absolute atomic E-state index is 0.0334. The molecule has 17 nitrogen and oxygen atoms in total. The van der Waals surface area contributed by atoms with E-state index in [4.69, 9.17) is 5.73 Å². The molecule has 0 radical (unpaired) electrons. The van der Waals surface area contributed by atoms with Crippen LogP contribution in [-0.2, 0) is 40.0 Å². The summed E-state index contributed by atoms with van der Waals surface area (Å²) in [5.41, 5.74) is 6.04. The van der Waals surface area contributed by atoms with Crippen molar-refractivity contribution < 1.29 is 48.9 Å². The van der Waals surface area contributed by atoms with E-state index < -0.39 is 84.2 Å². The maximum atomic E-state index is 13.7. The van der Waals surface area contributed by atoms with Crippen molar-refractivity contribution in [1.82, 2.24) is 31.9 Å². The van der Waals surface area contributed by atoms with Gasteiger partial charge < -0.3 is 53.0 Å². The highest BCUT2D eigenvalue weighted by Crippen LogP contribution is 2.14. The molecule has 52 heavy (non-hydrogen) atoms. The van der Waals surface area contributed by atoms with Crippen LogP contribution in [0.4, 0.5) is 0 Å². The summed E-state index contributed by atoms with van der Waals surface area (Å²) in [6, 6.07) is -1.26. The normalized spacial score (nSPS) is 16.9. The largest absolute Gasteiger partial charge is 0.508 e. The maximum absolute atomic E-state index is 13.7. The lowest BCUT2D eigenvalue weighted by atomic mass is 9.99. The number of hydrogen-bond acceptors (Lipinski definition) is 10. The highest BCUT2D eigenvalue weighted by Gasteiger charge is 2.35. The fourth-order valence-electron chi connectivity index (χ4n) is 5.69. The van der Waals surface area contributed by atoms with Crippen LogP contribution in [0, 0.1) is 11.8 Å². The standard InChI is InChI=1S/C35H55N7O10/c1-19(2)16-25(39-30(46)23-9-7-15-37-23)31(47)40-27(18-28(44)45)33(49)42-29(20(3)4)34(50)41-26(17-21-10-12-22(43)13-11-21)32(48)38-24(35(51)52)8-5-6-14-36/h10-13,19-20,23-27,29,37,43H,5-9,14-18,36H2,1-4H3,(H,38,48)(H,39,46)(H,40,47)(H,41,50)(H,42,49)(H,44,45)(H,51,52)/t23-,24-,25-,26-,27-,29-/m0/s1. The number of phenols is 1. The number of carboxylic acids is 2. The molecule has 5 amide bonds. The second-order valence-electron chi connectivity index (χ2n) is 13.8. The smallest absolute Gasteiger partial charge is 0.326 e. The van der Waals surface area contributed by atoms with E-state index in [0.29, 0.717) is 37.9 Å². The van der Waals surface area contributed by atoms with E-state index in [9.17, 15) is 48.9 Å². The van der Waals surface area contributed by atoms with E-state index in [1.54, 1.807) is 13.8 Å². The number of nitrogens with two attached hydrogens (primary N) is 1. The number of aliphatic carboxylic acids is 2. The van der Waals surface area contributed by atoms with Gasteiger partial charge in [0.25, 0.3) is 0 Å². The van der Waals surface area contributed by atoms with E-state index in [2.05, 4.69) is 31.9 Å². The van der Waals surface area contributed by atoms with Crippen LogP contribution in [0.3, 0.4) is 0 Å². The van der Waals surface area contributed by atoms with Gasteiger partial charge in [-0.2, -0.15) is 0 Å². The molecule has 1 aliphatic heterocycles.